The highest BCUT2D eigenvalue weighted by atomic mass is 16.7. The molecule has 0 radical (unpaired) electrons. The van der Waals surface area contributed by atoms with Crippen molar-refractivity contribution < 1.29 is 73.8 Å². The van der Waals surface area contributed by atoms with Gasteiger partial charge in [0.1, 0.15) is 55.4 Å². The number of allylic oxidation sites excluding steroid dienone is 14. The topological polar surface area (TPSA) is 231 Å². The predicted molar refractivity (Wildman–Crippen MR) is 261 cm³/mol. The summed E-state index contributed by atoms with van der Waals surface area (Å²) in [4.78, 5) is 25.7. The second kappa shape index (κ2) is 39.4. The highest BCUT2D eigenvalue weighted by Crippen LogP contribution is 2.26. The van der Waals surface area contributed by atoms with Gasteiger partial charge in [0.2, 0.25) is 0 Å². The van der Waals surface area contributed by atoms with Gasteiger partial charge in [-0.05, 0) is 83.5 Å². The molecule has 388 valence electrons. The van der Waals surface area contributed by atoms with Crippen molar-refractivity contribution >= 4 is 11.9 Å². The number of carbonyl (C=O) groups excluding carboxylic acids is 2. The first-order valence-electron chi connectivity index (χ1n) is 25.2. The van der Waals surface area contributed by atoms with Crippen molar-refractivity contribution in [3.05, 3.63) is 85.1 Å². The quantitative estimate of drug-likeness (QED) is 0.0193. The summed E-state index contributed by atoms with van der Waals surface area (Å²) in [5.41, 5.74) is 0. The van der Waals surface area contributed by atoms with E-state index >= 15 is 0 Å². The fourth-order valence-corrected chi connectivity index (χ4v) is 7.22. The van der Waals surface area contributed by atoms with Crippen molar-refractivity contribution in [3.8, 4) is 0 Å². The van der Waals surface area contributed by atoms with Crippen LogP contribution < -0.4 is 0 Å². The Hall–Kier alpha value is -3.32. The van der Waals surface area contributed by atoms with Crippen LogP contribution in [-0.2, 0) is 38.0 Å². The number of hydrogen-bond acceptors (Lipinski definition) is 15. The Balaban J connectivity index is 1.86. The van der Waals surface area contributed by atoms with E-state index in [0.29, 0.717) is 19.3 Å². The van der Waals surface area contributed by atoms with E-state index in [1.807, 2.05) is 12.2 Å². The lowest BCUT2D eigenvalue weighted by atomic mass is 9.98. The van der Waals surface area contributed by atoms with Crippen LogP contribution in [0.3, 0.4) is 0 Å². The summed E-state index contributed by atoms with van der Waals surface area (Å²) in [7, 11) is 0. The Kier molecular flexibility index (Phi) is 35.2. The zero-order valence-corrected chi connectivity index (χ0v) is 40.8. The molecule has 2 saturated heterocycles. The molecule has 68 heavy (non-hydrogen) atoms. The van der Waals surface area contributed by atoms with Gasteiger partial charge in [0.05, 0.1) is 19.8 Å². The summed E-state index contributed by atoms with van der Waals surface area (Å²) in [6, 6.07) is 0. The van der Waals surface area contributed by atoms with Crippen molar-refractivity contribution in [2.45, 2.75) is 210 Å². The lowest BCUT2D eigenvalue weighted by molar-refractivity contribution is -0.332. The molecule has 7 N–H and O–H groups in total. The Morgan fingerprint density at radius 3 is 1.50 bits per heavy atom. The molecule has 2 heterocycles. The van der Waals surface area contributed by atoms with Gasteiger partial charge in [-0.3, -0.25) is 9.59 Å². The normalized spacial score (nSPS) is 26.5. The molecule has 15 nitrogen and oxygen atoms in total. The molecule has 0 saturated carbocycles. The van der Waals surface area contributed by atoms with Gasteiger partial charge < -0.3 is 64.2 Å². The second-order valence-electron chi connectivity index (χ2n) is 17.3. The van der Waals surface area contributed by atoms with Crippen LogP contribution in [0.1, 0.15) is 142 Å². The smallest absolute Gasteiger partial charge is 0.306 e. The second-order valence-corrected chi connectivity index (χ2v) is 17.3. The Morgan fingerprint density at radius 2 is 0.941 bits per heavy atom. The predicted octanol–water partition coefficient (Wildman–Crippen LogP) is 6.82. The summed E-state index contributed by atoms with van der Waals surface area (Å²) < 4.78 is 33.5. The van der Waals surface area contributed by atoms with E-state index in [2.05, 4.69) is 86.8 Å². The first kappa shape index (κ1) is 60.8. The molecule has 0 aliphatic carbocycles. The van der Waals surface area contributed by atoms with Gasteiger partial charge in [0, 0.05) is 12.8 Å². The van der Waals surface area contributed by atoms with Crippen molar-refractivity contribution in [3.63, 3.8) is 0 Å². The maximum absolute atomic E-state index is 13.0. The van der Waals surface area contributed by atoms with Gasteiger partial charge in [-0.25, -0.2) is 0 Å². The lowest BCUT2D eigenvalue weighted by Gasteiger charge is -2.42. The van der Waals surface area contributed by atoms with Gasteiger partial charge in [0.15, 0.2) is 18.7 Å². The first-order chi connectivity index (χ1) is 33.0. The van der Waals surface area contributed by atoms with Crippen molar-refractivity contribution in [2.24, 2.45) is 0 Å². The number of ether oxygens (including phenoxy) is 6. The molecule has 0 bridgehead atoms. The van der Waals surface area contributed by atoms with Gasteiger partial charge in [0.25, 0.3) is 0 Å². The van der Waals surface area contributed by atoms with E-state index in [-0.39, 0.29) is 19.4 Å². The number of esters is 2. The molecule has 4 unspecified atom stereocenters. The monoisotopic (exact) mass is 963 g/mol. The van der Waals surface area contributed by atoms with Gasteiger partial charge >= 0.3 is 11.9 Å². The molecular formula is C53H86O15. The van der Waals surface area contributed by atoms with Crippen molar-refractivity contribution in [2.75, 3.05) is 26.4 Å². The molecule has 0 aromatic carbocycles. The zero-order chi connectivity index (χ0) is 49.6. The van der Waals surface area contributed by atoms with E-state index in [0.717, 1.165) is 77.0 Å². The van der Waals surface area contributed by atoms with E-state index in [1.165, 1.54) is 19.3 Å². The molecular weight excluding hydrogens is 877 g/mol. The minimum absolute atomic E-state index is 0.0804. The summed E-state index contributed by atoms with van der Waals surface area (Å²) in [5, 5.41) is 72.0. The number of unbranched alkanes of at least 4 members (excludes halogenated alkanes) is 9. The van der Waals surface area contributed by atoms with Gasteiger partial charge in [-0.1, -0.05) is 131 Å². The van der Waals surface area contributed by atoms with E-state index in [4.69, 9.17) is 28.4 Å². The maximum atomic E-state index is 13.0. The molecule has 11 atom stereocenters. The fourth-order valence-electron chi connectivity index (χ4n) is 7.22. The number of aliphatic hydroxyl groups is 7. The molecule has 0 spiro atoms. The van der Waals surface area contributed by atoms with Crippen molar-refractivity contribution in [1.29, 1.82) is 0 Å². The molecule has 0 aromatic heterocycles. The number of rotatable bonds is 37. The van der Waals surface area contributed by atoms with Gasteiger partial charge in [-0.15, -0.1) is 0 Å². The van der Waals surface area contributed by atoms with Crippen molar-refractivity contribution in [1.82, 2.24) is 0 Å². The summed E-state index contributed by atoms with van der Waals surface area (Å²) in [6.45, 7) is 2.35. The van der Waals surface area contributed by atoms with Crippen LogP contribution in [0.2, 0.25) is 0 Å². The molecule has 2 fully saturated rings. The molecule has 0 aromatic rings. The van der Waals surface area contributed by atoms with Crippen LogP contribution in [0.25, 0.3) is 0 Å². The fraction of sp³-hybridized carbons (Fsp3) is 0.698. The minimum Gasteiger partial charge on any atom is -0.462 e. The van der Waals surface area contributed by atoms with E-state index in [9.17, 15) is 45.3 Å². The molecule has 2 aliphatic heterocycles. The number of hydrogen-bond donors (Lipinski definition) is 7. The first-order valence-corrected chi connectivity index (χ1v) is 25.2. The van der Waals surface area contributed by atoms with Crippen LogP contribution in [0.15, 0.2) is 85.1 Å². The number of carbonyl (C=O) groups is 2. The lowest BCUT2D eigenvalue weighted by Crippen LogP contribution is -2.61. The third-order valence-corrected chi connectivity index (χ3v) is 11.4. The third kappa shape index (κ3) is 27.2. The molecule has 0 amide bonds. The maximum Gasteiger partial charge on any atom is 0.306 e. The highest BCUT2D eigenvalue weighted by molar-refractivity contribution is 5.70. The van der Waals surface area contributed by atoms with Crippen LogP contribution >= 0.6 is 0 Å². The average Bonchev–Trinajstić information content (AvgIpc) is 3.33. The standard InChI is InChI=1S/C53H86O15/c1-3-5-7-9-11-13-15-17-19-20-22-24-26-28-30-32-34-36-45(56)66-41(38-63-44(55)35-33-31-29-27-25-23-21-18-16-14-12-10-8-6-4-2)39-64-52-51(62)49(60)47(58)43(68-52)40-65-53-50(61)48(59)46(57)42(37-54)67-53/h6,8,11-14,17-19,21-22,24,28,30,41-43,46-54,57-62H,3-5,7,9-10,15-16,20,23,25-27,29,31-40H2,1-2H3/b8-6+,13-11+,14-12+,19-17+,21-18+,24-22+,30-28+/t41-,42+,43+,46-,47-,48?,49?,50?,51?,52+,53+/m1/s1. The molecule has 2 rings (SSSR count). The third-order valence-electron chi connectivity index (χ3n) is 11.4. The van der Waals surface area contributed by atoms with Crippen LogP contribution in [0.4, 0.5) is 0 Å². The number of aliphatic hydroxyl groups excluding tert-OH is 7. The van der Waals surface area contributed by atoms with E-state index in [1.54, 1.807) is 0 Å². The highest BCUT2D eigenvalue weighted by Gasteiger charge is 2.47. The van der Waals surface area contributed by atoms with Crippen LogP contribution in [0, 0.1) is 0 Å². The van der Waals surface area contributed by atoms with Crippen LogP contribution in [0.5, 0.6) is 0 Å². The largest absolute Gasteiger partial charge is 0.462 e. The summed E-state index contributed by atoms with van der Waals surface area (Å²) in [5.74, 6) is -1.02. The molecule has 15 heteroatoms. The average molecular weight is 963 g/mol. The Labute approximate surface area is 405 Å². The Bertz CT molecular complexity index is 1510. The summed E-state index contributed by atoms with van der Waals surface area (Å²) in [6.07, 6.45) is 30.5. The SMILES string of the molecule is CC/C=C/C/C=C/C/C=C/CCCCCCCC(=O)OC[C@H](CO[C@H]1O[C@@H](CO[C@H]2O[C@@H](CO)[C@@H](O)C(O)C2O)[C@@H](O)C(O)C1O)OC(=O)CCC/C=C/C/C=C/C/C=C/C/C=C/CCCCC. The Morgan fingerprint density at radius 1 is 0.485 bits per heavy atom. The minimum atomic E-state index is -1.78. The van der Waals surface area contributed by atoms with E-state index < -0.39 is 99.3 Å². The van der Waals surface area contributed by atoms with Crippen LogP contribution in [-0.4, -0.2) is 142 Å². The molecule has 2 aliphatic rings. The van der Waals surface area contributed by atoms with Gasteiger partial charge in [-0.2, -0.15) is 0 Å². The summed E-state index contributed by atoms with van der Waals surface area (Å²) >= 11 is 0. The zero-order valence-electron chi connectivity index (χ0n) is 40.8.